The number of H-pyrrole nitrogens is 1. The van der Waals surface area contributed by atoms with Crippen molar-refractivity contribution in [2.24, 2.45) is 0 Å². The molecule has 0 bridgehead atoms. The van der Waals surface area contributed by atoms with E-state index >= 15 is 0 Å². The lowest BCUT2D eigenvalue weighted by molar-refractivity contribution is -0.168. The zero-order valence-corrected chi connectivity index (χ0v) is 21.8. The van der Waals surface area contributed by atoms with Gasteiger partial charge in [-0.25, -0.2) is 0 Å². The van der Waals surface area contributed by atoms with E-state index in [2.05, 4.69) is 18.0 Å². The fraction of sp³-hybridized carbons (Fsp3) is 0.448. The number of ether oxygens (including phenoxy) is 2. The molecular formula is C29H35N3O4. The fourth-order valence-corrected chi connectivity index (χ4v) is 5.74. The molecule has 1 N–H and O–H groups in total. The molecule has 7 heteroatoms. The van der Waals surface area contributed by atoms with Gasteiger partial charge in [-0.05, 0) is 56.0 Å². The van der Waals surface area contributed by atoms with Gasteiger partial charge < -0.3 is 24.3 Å². The largest absolute Gasteiger partial charge is 0.493 e. The maximum atomic E-state index is 14.0. The first-order chi connectivity index (χ1) is 17.3. The van der Waals surface area contributed by atoms with Gasteiger partial charge in [-0.15, -0.1) is 0 Å². The normalized spacial score (nSPS) is 22.4. The lowest BCUT2D eigenvalue weighted by Crippen LogP contribution is -2.68. The zero-order valence-electron chi connectivity index (χ0n) is 21.8. The molecule has 2 amide bonds. The number of nitrogens with one attached hydrogen (secondary N) is 1. The van der Waals surface area contributed by atoms with E-state index in [0.29, 0.717) is 24.7 Å². The Bertz CT molecular complexity index is 1320. The Balaban J connectivity index is 1.69. The summed E-state index contributed by atoms with van der Waals surface area (Å²) >= 11 is 0. The number of rotatable bonds is 7. The molecule has 190 valence electrons. The second-order valence-corrected chi connectivity index (χ2v) is 10.0. The third-order valence-corrected chi connectivity index (χ3v) is 7.95. The van der Waals surface area contributed by atoms with Crippen LogP contribution in [0.15, 0.2) is 42.5 Å². The summed E-state index contributed by atoms with van der Waals surface area (Å²) in [4.78, 5) is 34.7. The number of nitrogens with zero attached hydrogens (tertiary/aromatic N) is 2. The second kappa shape index (κ2) is 9.19. The highest BCUT2D eigenvalue weighted by Gasteiger charge is 2.56. The summed E-state index contributed by atoms with van der Waals surface area (Å²) in [6.07, 6.45) is 1.70. The standard InChI is InChI=1S/C29H35N3O4/c1-6-14-36-23-13-12-19(15-24(23)35-5)21-16-32-25(33)17-31(18(3)7-2)28(34)29(32,4)27-26(21)20-10-8-9-11-22(20)30-27/h8-13,15,18,21,30H,6-7,14,16-17H2,1-5H3/t18-,21+,29+/m1/s1. The Morgan fingerprint density at radius 2 is 1.92 bits per heavy atom. The minimum absolute atomic E-state index is 0.00842. The lowest BCUT2D eigenvalue weighted by Gasteiger charge is -2.52. The SMILES string of the molecule is CCCOc1ccc([C@@H]2CN3C(=O)CN([C@H](C)CC)C(=O)[C@]3(C)c3[nH]c4ccccc4c32)cc1OC. The minimum Gasteiger partial charge on any atom is -0.493 e. The van der Waals surface area contributed by atoms with E-state index in [1.54, 1.807) is 16.9 Å². The third-order valence-electron chi connectivity index (χ3n) is 7.95. The van der Waals surface area contributed by atoms with Crippen LogP contribution in [0.25, 0.3) is 10.9 Å². The molecule has 0 unspecified atom stereocenters. The summed E-state index contributed by atoms with van der Waals surface area (Å²) < 4.78 is 11.6. The molecule has 3 aromatic rings. The molecule has 0 saturated carbocycles. The van der Waals surface area contributed by atoms with Crippen molar-refractivity contribution in [3.8, 4) is 11.5 Å². The number of para-hydroxylation sites is 1. The molecule has 1 aromatic heterocycles. The van der Waals surface area contributed by atoms with E-state index in [4.69, 9.17) is 9.47 Å². The van der Waals surface area contributed by atoms with Gasteiger partial charge >= 0.3 is 0 Å². The number of piperazine rings is 1. The fourth-order valence-electron chi connectivity index (χ4n) is 5.74. The van der Waals surface area contributed by atoms with E-state index in [0.717, 1.165) is 40.6 Å². The summed E-state index contributed by atoms with van der Waals surface area (Å²) in [5.74, 6) is 1.20. The van der Waals surface area contributed by atoms with Gasteiger partial charge in [0, 0.05) is 29.4 Å². The van der Waals surface area contributed by atoms with Gasteiger partial charge in [0.1, 0.15) is 6.54 Å². The quantitative estimate of drug-likeness (QED) is 0.518. The Labute approximate surface area is 212 Å². The molecular weight excluding hydrogens is 454 g/mol. The van der Waals surface area contributed by atoms with Gasteiger partial charge in [0.25, 0.3) is 5.91 Å². The number of benzene rings is 2. The van der Waals surface area contributed by atoms with Gasteiger partial charge in [-0.2, -0.15) is 0 Å². The van der Waals surface area contributed by atoms with Crippen molar-refractivity contribution in [1.82, 2.24) is 14.8 Å². The molecule has 36 heavy (non-hydrogen) atoms. The average molecular weight is 490 g/mol. The molecule has 7 nitrogen and oxygen atoms in total. The summed E-state index contributed by atoms with van der Waals surface area (Å²) in [6, 6.07) is 14.1. The van der Waals surface area contributed by atoms with Crippen molar-refractivity contribution in [1.29, 1.82) is 0 Å². The molecule has 0 radical (unpaired) electrons. The van der Waals surface area contributed by atoms with Gasteiger partial charge in [-0.3, -0.25) is 9.59 Å². The van der Waals surface area contributed by atoms with E-state index in [-0.39, 0.29) is 30.3 Å². The van der Waals surface area contributed by atoms with E-state index in [1.807, 2.05) is 57.2 Å². The van der Waals surface area contributed by atoms with Crippen LogP contribution in [-0.2, 0) is 15.1 Å². The van der Waals surface area contributed by atoms with Crippen LogP contribution in [0.1, 0.15) is 63.3 Å². The van der Waals surface area contributed by atoms with E-state index in [1.165, 1.54) is 0 Å². The van der Waals surface area contributed by atoms with Crippen molar-refractivity contribution >= 4 is 22.7 Å². The monoisotopic (exact) mass is 489 g/mol. The number of hydrogen-bond acceptors (Lipinski definition) is 4. The summed E-state index contributed by atoms with van der Waals surface area (Å²) in [7, 11) is 1.64. The third kappa shape index (κ3) is 3.55. The highest BCUT2D eigenvalue weighted by atomic mass is 16.5. The van der Waals surface area contributed by atoms with Crippen molar-refractivity contribution in [2.45, 2.75) is 58.0 Å². The van der Waals surface area contributed by atoms with E-state index in [9.17, 15) is 9.59 Å². The molecule has 5 rings (SSSR count). The van der Waals surface area contributed by atoms with Crippen LogP contribution in [0.2, 0.25) is 0 Å². The Kier molecular flexibility index (Phi) is 6.18. The zero-order chi connectivity index (χ0) is 25.6. The average Bonchev–Trinajstić information content (AvgIpc) is 3.30. The molecule has 3 atom stereocenters. The number of amides is 2. The molecule has 2 aliphatic rings. The Morgan fingerprint density at radius 1 is 1.14 bits per heavy atom. The van der Waals surface area contributed by atoms with Crippen molar-refractivity contribution < 1.29 is 19.1 Å². The summed E-state index contributed by atoms with van der Waals surface area (Å²) in [5.41, 5.74) is 2.77. The van der Waals surface area contributed by atoms with Gasteiger partial charge in [0.2, 0.25) is 5.91 Å². The molecule has 2 aliphatic heterocycles. The molecule has 1 fully saturated rings. The van der Waals surface area contributed by atoms with Crippen LogP contribution in [0.5, 0.6) is 11.5 Å². The molecule has 1 saturated heterocycles. The predicted molar refractivity (Wildman–Crippen MR) is 139 cm³/mol. The topological polar surface area (TPSA) is 74.9 Å². The number of fused-ring (bicyclic) bond motifs is 5. The number of hydrogen-bond donors (Lipinski definition) is 1. The molecule has 3 heterocycles. The van der Waals surface area contributed by atoms with Crippen LogP contribution >= 0.6 is 0 Å². The second-order valence-electron chi connectivity index (χ2n) is 10.0. The predicted octanol–water partition coefficient (Wildman–Crippen LogP) is 4.80. The highest BCUT2D eigenvalue weighted by molar-refractivity contribution is 6.01. The maximum Gasteiger partial charge on any atom is 0.255 e. The first kappa shape index (κ1) is 24.2. The minimum atomic E-state index is -1.09. The number of aromatic amines is 1. The first-order valence-electron chi connectivity index (χ1n) is 12.9. The van der Waals surface area contributed by atoms with Crippen LogP contribution in [0, 0.1) is 0 Å². The number of aromatic nitrogens is 1. The Morgan fingerprint density at radius 3 is 2.64 bits per heavy atom. The summed E-state index contributed by atoms with van der Waals surface area (Å²) in [6.45, 7) is 9.16. The summed E-state index contributed by atoms with van der Waals surface area (Å²) in [5, 5.41) is 1.07. The van der Waals surface area contributed by atoms with Crippen LogP contribution < -0.4 is 9.47 Å². The van der Waals surface area contributed by atoms with Crippen LogP contribution in [0.3, 0.4) is 0 Å². The molecule has 2 aromatic carbocycles. The van der Waals surface area contributed by atoms with Crippen molar-refractivity contribution in [2.75, 3.05) is 26.8 Å². The van der Waals surface area contributed by atoms with Crippen molar-refractivity contribution in [3.63, 3.8) is 0 Å². The maximum absolute atomic E-state index is 14.0. The van der Waals surface area contributed by atoms with Crippen molar-refractivity contribution in [3.05, 3.63) is 59.3 Å². The van der Waals surface area contributed by atoms with E-state index < -0.39 is 5.54 Å². The number of methoxy groups -OCH3 is 1. The number of carbonyl (C=O) groups excluding carboxylic acids is 2. The van der Waals surface area contributed by atoms with Gasteiger partial charge in [-0.1, -0.05) is 38.1 Å². The Hall–Kier alpha value is -3.48. The highest BCUT2D eigenvalue weighted by Crippen LogP contribution is 2.49. The molecule has 0 spiro atoms. The van der Waals surface area contributed by atoms with Crippen LogP contribution in [-0.4, -0.2) is 59.4 Å². The van der Waals surface area contributed by atoms with Gasteiger partial charge in [0.15, 0.2) is 17.0 Å². The van der Waals surface area contributed by atoms with Crippen LogP contribution in [0.4, 0.5) is 0 Å². The lowest BCUT2D eigenvalue weighted by atomic mass is 9.76. The molecule has 0 aliphatic carbocycles. The smallest absolute Gasteiger partial charge is 0.255 e. The first-order valence-corrected chi connectivity index (χ1v) is 12.9. The van der Waals surface area contributed by atoms with Gasteiger partial charge in [0.05, 0.1) is 19.4 Å². The number of carbonyl (C=O) groups is 2.